The van der Waals surface area contributed by atoms with E-state index in [1.165, 1.54) is 6.42 Å². The highest BCUT2D eigenvalue weighted by molar-refractivity contribution is 8.44. The van der Waals surface area contributed by atoms with Gasteiger partial charge in [-0.05, 0) is 42.9 Å². The van der Waals surface area contributed by atoms with Crippen LogP contribution in [0.3, 0.4) is 0 Å². The average molecular weight is 225 g/mol. The van der Waals surface area contributed by atoms with E-state index in [0.717, 1.165) is 5.25 Å². The molecule has 84 valence electrons. The van der Waals surface area contributed by atoms with Gasteiger partial charge < -0.3 is 0 Å². The molecule has 0 saturated carbocycles. The van der Waals surface area contributed by atoms with Crippen molar-refractivity contribution in [3.8, 4) is 0 Å². The third kappa shape index (κ3) is 3.37. The summed E-state index contributed by atoms with van der Waals surface area (Å²) in [6.45, 7) is 4.68. The molecule has 13 heavy (non-hydrogen) atoms. The SMILES string of the molecule is CCC(C)S(C)(C)N(C)S(C)(C)C. The Hall–Kier alpha value is 0.660. The van der Waals surface area contributed by atoms with Crippen molar-refractivity contribution in [3.63, 3.8) is 0 Å². The van der Waals surface area contributed by atoms with Gasteiger partial charge in [-0.3, -0.25) is 0 Å². The van der Waals surface area contributed by atoms with Crippen LogP contribution in [0.4, 0.5) is 0 Å². The summed E-state index contributed by atoms with van der Waals surface area (Å²) in [6.07, 6.45) is 13.3. The molecule has 1 nitrogen and oxygen atoms in total. The zero-order valence-electron chi connectivity index (χ0n) is 10.5. The largest absolute Gasteiger partial charge is 0.235 e. The van der Waals surface area contributed by atoms with E-state index >= 15 is 0 Å². The third-order valence-electron chi connectivity index (χ3n) is 2.99. The molecule has 0 N–H and O–H groups in total. The van der Waals surface area contributed by atoms with Crippen molar-refractivity contribution in [2.45, 2.75) is 25.5 Å². The monoisotopic (exact) mass is 225 g/mol. The Kier molecular flexibility index (Phi) is 4.68. The lowest BCUT2D eigenvalue weighted by Gasteiger charge is -2.54. The summed E-state index contributed by atoms with van der Waals surface area (Å²) in [5.74, 6) is 0. The van der Waals surface area contributed by atoms with Crippen molar-refractivity contribution in [2.24, 2.45) is 0 Å². The quantitative estimate of drug-likeness (QED) is 0.709. The molecule has 1 atom stereocenters. The van der Waals surface area contributed by atoms with E-state index in [1.54, 1.807) is 0 Å². The Morgan fingerprint density at radius 1 is 1.08 bits per heavy atom. The Labute approximate surface area is 88.2 Å². The van der Waals surface area contributed by atoms with Crippen LogP contribution in [0.5, 0.6) is 0 Å². The maximum atomic E-state index is 2.65. The van der Waals surface area contributed by atoms with Crippen molar-refractivity contribution in [3.05, 3.63) is 0 Å². The molecule has 0 aromatic rings. The molecule has 1 unspecified atom stereocenters. The molecule has 0 spiro atoms. The summed E-state index contributed by atoms with van der Waals surface area (Å²) in [7, 11) is 1.18. The fourth-order valence-corrected chi connectivity index (χ4v) is 7.61. The van der Waals surface area contributed by atoms with Crippen LogP contribution >= 0.6 is 20.4 Å². The van der Waals surface area contributed by atoms with Crippen molar-refractivity contribution >= 4 is 20.4 Å². The van der Waals surface area contributed by atoms with Gasteiger partial charge in [0.2, 0.25) is 0 Å². The van der Waals surface area contributed by atoms with E-state index in [-0.39, 0.29) is 0 Å². The zero-order valence-corrected chi connectivity index (χ0v) is 12.2. The van der Waals surface area contributed by atoms with Crippen LogP contribution in [-0.4, -0.2) is 47.3 Å². The number of hydrogen-bond acceptors (Lipinski definition) is 1. The molecule has 0 aliphatic heterocycles. The smallest absolute Gasteiger partial charge is 0.00543 e. The first-order chi connectivity index (χ1) is 5.64. The molecule has 0 fully saturated rings. The molecular formula is C10H27NS2. The fraction of sp³-hybridized carbons (Fsp3) is 1.00. The van der Waals surface area contributed by atoms with Crippen molar-refractivity contribution in [1.82, 2.24) is 3.71 Å². The fourth-order valence-electron chi connectivity index (χ4n) is 1.24. The molecule has 0 radical (unpaired) electrons. The second kappa shape index (κ2) is 4.45. The summed E-state index contributed by atoms with van der Waals surface area (Å²) in [6, 6.07) is 0. The summed E-state index contributed by atoms with van der Waals surface area (Å²) >= 11 is 0. The van der Waals surface area contributed by atoms with Crippen molar-refractivity contribution in [2.75, 3.05) is 38.3 Å². The molecule has 0 bridgehead atoms. The Balaban J connectivity index is 4.63. The predicted octanol–water partition coefficient (Wildman–Crippen LogP) is 3.30. The van der Waals surface area contributed by atoms with Crippen LogP contribution in [-0.2, 0) is 0 Å². The van der Waals surface area contributed by atoms with Gasteiger partial charge >= 0.3 is 0 Å². The summed E-state index contributed by atoms with van der Waals surface area (Å²) in [4.78, 5) is 0. The van der Waals surface area contributed by atoms with Gasteiger partial charge in [-0.1, -0.05) is 13.8 Å². The Morgan fingerprint density at radius 3 is 1.69 bits per heavy atom. The highest BCUT2D eigenvalue weighted by Crippen LogP contribution is 2.60. The highest BCUT2D eigenvalue weighted by Gasteiger charge is 2.28. The molecule has 3 heteroatoms. The average Bonchev–Trinajstić information content (AvgIpc) is 1.99. The normalized spacial score (nSPS) is 18.8. The molecule has 0 heterocycles. The number of rotatable bonds is 4. The first-order valence-corrected chi connectivity index (χ1v) is 10.1. The molecular weight excluding hydrogens is 198 g/mol. The Bertz CT molecular complexity index is 161. The lowest BCUT2D eigenvalue weighted by atomic mass is 10.4. The van der Waals surface area contributed by atoms with Gasteiger partial charge in [-0.2, -0.15) is 20.4 Å². The van der Waals surface area contributed by atoms with E-state index in [2.05, 4.69) is 55.9 Å². The number of hydrogen-bond donors (Lipinski definition) is 0. The van der Waals surface area contributed by atoms with Crippen LogP contribution < -0.4 is 0 Å². The van der Waals surface area contributed by atoms with Gasteiger partial charge in [0.1, 0.15) is 0 Å². The van der Waals surface area contributed by atoms with E-state index in [9.17, 15) is 0 Å². The van der Waals surface area contributed by atoms with Gasteiger partial charge in [0.05, 0.1) is 0 Å². The topological polar surface area (TPSA) is 3.24 Å². The highest BCUT2D eigenvalue weighted by atomic mass is 32.3. The van der Waals surface area contributed by atoms with Gasteiger partial charge in [0.25, 0.3) is 0 Å². The molecule has 0 aliphatic carbocycles. The van der Waals surface area contributed by atoms with Gasteiger partial charge in [-0.25, -0.2) is 3.71 Å². The molecule has 0 saturated heterocycles. The van der Waals surface area contributed by atoms with E-state index in [0.29, 0.717) is 0 Å². The first kappa shape index (κ1) is 13.7. The maximum Gasteiger partial charge on any atom is 0.00543 e. The minimum Gasteiger partial charge on any atom is -0.235 e. The van der Waals surface area contributed by atoms with Gasteiger partial charge in [-0.15, -0.1) is 0 Å². The summed E-state index contributed by atoms with van der Waals surface area (Å²) in [5.41, 5.74) is 0. The van der Waals surface area contributed by atoms with Crippen molar-refractivity contribution in [1.29, 1.82) is 0 Å². The standard InChI is InChI=1S/C10H27NS2/c1-9-10(2)13(7,8)11(3)12(4,5)6/h10H,9H2,1-8H3. The van der Waals surface area contributed by atoms with Crippen LogP contribution in [0.2, 0.25) is 0 Å². The van der Waals surface area contributed by atoms with Crippen molar-refractivity contribution < 1.29 is 0 Å². The second-order valence-electron chi connectivity index (χ2n) is 4.78. The lowest BCUT2D eigenvalue weighted by Crippen LogP contribution is -2.30. The van der Waals surface area contributed by atoms with E-state index in [4.69, 9.17) is 0 Å². The third-order valence-corrected chi connectivity index (χ3v) is 10.7. The zero-order chi connectivity index (χ0) is 10.9. The van der Waals surface area contributed by atoms with E-state index < -0.39 is 20.4 Å². The lowest BCUT2D eigenvalue weighted by molar-refractivity contribution is 0.821. The predicted molar refractivity (Wildman–Crippen MR) is 72.3 cm³/mol. The van der Waals surface area contributed by atoms with E-state index in [1.807, 2.05) is 0 Å². The summed E-state index contributed by atoms with van der Waals surface area (Å²) in [5, 5.41) is 0.837. The van der Waals surface area contributed by atoms with Crippen LogP contribution in [0.25, 0.3) is 0 Å². The van der Waals surface area contributed by atoms with Gasteiger partial charge in [0.15, 0.2) is 0 Å². The Morgan fingerprint density at radius 2 is 1.46 bits per heavy atom. The molecule has 0 amide bonds. The molecule has 0 aromatic heterocycles. The first-order valence-electron chi connectivity index (χ1n) is 4.78. The van der Waals surface area contributed by atoms with Crippen LogP contribution in [0.1, 0.15) is 20.3 Å². The number of nitrogens with zero attached hydrogens (tertiary/aromatic N) is 1. The minimum atomic E-state index is -0.576. The van der Waals surface area contributed by atoms with Gasteiger partial charge in [0, 0.05) is 7.05 Å². The molecule has 0 aromatic carbocycles. The van der Waals surface area contributed by atoms with Crippen LogP contribution in [0, 0.1) is 0 Å². The second-order valence-corrected chi connectivity index (χ2v) is 13.2. The summed E-state index contributed by atoms with van der Waals surface area (Å²) < 4.78 is 2.65. The molecule has 0 rings (SSSR count). The van der Waals surface area contributed by atoms with Crippen LogP contribution in [0.15, 0.2) is 0 Å². The molecule has 0 aliphatic rings. The maximum absolute atomic E-state index is 2.65. The minimum absolute atomic E-state index is 0.545.